The Morgan fingerprint density at radius 2 is 2.00 bits per heavy atom. The van der Waals surface area contributed by atoms with Crippen LogP contribution in [-0.2, 0) is 0 Å². The first-order valence-electron chi connectivity index (χ1n) is 8.13. The number of hydrogen-bond donors (Lipinski definition) is 0. The first-order valence-corrected chi connectivity index (χ1v) is 8.13. The Kier molecular flexibility index (Phi) is 2.38. The highest BCUT2D eigenvalue weighted by Gasteiger charge is 2.62. The molecular weight excluding hydrogens is 218 g/mol. The van der Waals surface area contributed by atoms with Gasteiger partial charge in [0.2, 0.25) is 0 Å². The van der Waals surface area contributed by atoms with Gasteiger partial charge in [-0.05, 0) is 66.9 Å². The molecule has 0 amide bonds. The van der Waals surface area contributed by atoms with Crippen LogP contribution in [0.25, 0.3) is 0 Å². The monoisotopic (exact) mass is 245 g/mol. The minimum Gasteiger partial charge on any atom is -0.377 e. The van der Waals surface area contributed by atoms with Crippen LogP contribution in [0.3, 0.4) is 0 Å². The van der Waals surface area contributed by atoms with E-state index in [-0.39, 0.29) is 0 Å². The highest BCUT2D eigenvalue weighted by atomic mass is 15.2. The predicted molar refractivity (Wildman–Crippen MR) is 75.0 cm³/mol. The van der Waals surface area contributed by atoms with Gasteiger partial charge in [-0.15, -0.1) is 0 Å². The molecule has 1 aliphatic heterocycles. The van der Waals surface area contributed by atoms with Gasteiger partial charge in [0.1, 0.15) is 0 Å². The van der Waals surface area contributed by atoms with E-state index in [0.29, 0.717) is 5.41 Å². The molecule has 18 heavy (non-hydrogen) atoms. The van der Waals surface area contributed by atoms with Crippen LogP contribution in [0, 0.1) is 35.0 Å². The van der Waals surface area contributed by atoms with Crippen molar-refractivity contribution in [2.75, 3.05) is 13.1 Å². The molecule has 4 bridgehead atoms. The zero-order valence-electron chi connectivity index (χ0n) is 11.8. The molecule has 1 heterocycles. The maximum Gasteiger partial charge on any atom is 0.0235 e. The molecule has 0 aromatic carbocycles. The third kappa shape index (κ3) is 1.24. The average Bonchev–Trinajstić information content (AvgIpc) is 2.87. The Hall–Kier alpha value is -0.460. The van der Waals surface area contributed by atoms with Crippen molar-refractivity contribution in [1.82, 2.24) is 4.90 Å². The smallest absolute Gasteiger partial charge is 0.0235 e. The molecule has 0 radical (unpaired) electrons. The van der Waals surface area contributed by atoms with Gasteiger partial charge in [-0.3, -0.25) is 0 Å². The zero-order valence-corrected chi connectivity index (χ0v) is 11.8. The maximum absolute atomic E-state index is 4.04. The standard InChI is InChI=1S/C17H27N/c1-3-18-10-16-14-6-4-5-9-17(16,11-18)15-8-7-13(14)12(15)2/h3,12-16H,1,4-11H2,2H3/t12-,13?,14?,15?,16?,17?/m1/s1. The minimum absolute atomic E-state index is 0.682. The third-order valence-corrected chi connectivity index (χ3v) is 7.28. The number of rotatable bonds is 1. The van der Waals surface area contributed by atoms with Crippen LogP contribution in [0.4, 0.5) is 0 Å². The fourth-order valence-corrected chi connectivity index (χ4v) is 6.70. The molecule has 3 saturated carbocycles. The number of fused-ring (bicyclic) bond motifs is 3. The molecule has 4 rings (SSSR count). The highest BCUT2D eigenvalue weighted by molar-refractivity contribution is 5.13. The first kappa shape index (κ1) is 11.4. The van der Waals surface area contributed by atoms with Crippen molar-refractivity contribution >= 4 is 0 Å². The Labute approximate surface area is 112 Å². The second kappa shape index (κ2) is 3.77. The third-order valence-electron chi connectivity index (χ3n) is 7.28. The van der Waals surface area contributed by atoms with Crippen molar-refractivity contribution in [2.45, 2.75) is 45.4 Å². The fraction of sp³-hybridized carbons (Fsp3) is 0.882. The van der Waals surface area contributed by atoms with E-state index in [0.717, 1.165) is 29.6 Å². The molecular formula is C17H27N. The molecule has 0 aromatic rings. The summed E-state index contributed by atoms with van der Waals surface area (Å²) in [6, 6.07) is 0. The minimum atomic E-state index is 0.682. The largest absolute Gasteiger partial charge is 0.377 e. The van der Waals surface area contributed by atoms with Crippen molar-refractivity contribution in [3.63, 3.8) is 0 Å². The molecule has 1 nitrogen and oxygen atoms in total. The molecule has 1 saturated heterocycles. The molecule has 5 unspecified atom stereocenters. The second-order valence-electron chi connectivity index (χ2n) is 7.57. The summed E-state index contributed by atoms with van der Waals surface area (Å²) in [5.41, 5.74) is 0.682. The van der Waals surface area contributed by atoms with E-state index < -0.39 is 0 Å². The van der Waals surface area contributed by atoms with Crippen LogP contribution in [0.15, 0.2) is 12.8 Å². The normalized spacial score (nSPS) is 54.1. The van der Waals surface area contributed by atoms with Crippen molar-refractivity contribution < 1.29 is 0 Å². The van der Waals surface area contributed by atoms with Crippen LogP contribution in [0.2, 0.25) is 0 Å². The van der Waals surface area contributed by atoms with E-state index in [4.69, 9.17) is 0 Å². The summed E-state index contributed by atoms with van der Waals surface area (Å²) >= 11 is 0. The molecule has 0 N–H and O–H groups in total. The zero-order chi connectivity index (χ0) is 12.3. The van der Waals surface area contributed by atoms with Gasteiger partial charge in [-0.1, -0.05) is 26.3 Å². The van der Waals surface area contributed by atoms with Gasteiger partial charge in [0.25, 0.3) is 0 Å². The molecule has 4 aliphatic rings. The van der Waals surface area contributed by atoms with Gasteiger partial charge in [0.05, 0.1) is 0 Å². The van der Waals surface area contributed by atoms with Crippen LogP contribution in [0.5, 0.6) is 0 Å². The van der Waals surface area contributed by atoms with Crippen molar-refractivity contribution in [3.8, 4) is 0 Å². The highest BCUT2D eigenvalue weighted by Crippen LogP contribution is 2.66. The lowest BCUT2D eigenvalue weighted by Gasteiger charge is -2.50. The molecule has 3 aliphatic carbocycles. The molecule has 0 aromatic heterocycles. The number of nitrogens with zero attached hydrogens (tertiary/aromatic N) is 1. The van der Waals surface area contributed by atoms with Gasteiger partial charge in [0, 0.05) is 13.1 Å². The summed E-state index contributed by atoms with van der Waals surface area (Å²) < 4.78 is 0. The van der Waals surface area contributed by atoms with Crippen LogP contribution >= 0.6 is 0 Å². The Balaban J connectivity index is 1.80. The Morgan fingerprint density at radius 3 is 2.83 bits per heavy atom. The average molecular weight is 245 g/mol. The molecule has 100 valence electrons. The Morgan fingerprint density at radius 1 is 1.11 bits per heavy atom. The van der Waals surface area contributed by atoms with Crippen molar-refractivity contribution in [1.29, 1.82) is 0 Å². The SMILES string of the molecule is C=CN1CC2C3CCCCC2(C1)C1CCC3[C@H]1C. The summed E-state index contributed by atoms with van der Waals surface area (Å²) in [4.78, 5) is 2.55. The molecule has 4 fully saturated rings. The molecule has 0 spiro atoms. The fourth-order valence-electron chi connectivity index (χ4n) is 6.70. The molecule has 1 heteroatoms. The second-order valence-corrected chi connectivity index (χ2v) is 7.57. The topological polar surface area (TPSA) is 3.24 Å². The van der Waals surface area contributed by atoms with E-state index in [1.807, 2.05) is 0 Å². The summed E-state index contributed by atoms with van der Waals surface area (Å²) in [6.07, 6.45) is 11.2. The lowest BCUT2D eigenvalue weighted by Crippen LogP contribution is -2.48. The summed E-state index contributed by atoms with van der Waals surface area (Å²) in [6.45, 7) is 9.28. The Bertz CT molecular complexity index is 363. The van der Waals surface area contributed by atoms with Gasteiger partial charge >= 0.3 is 0 Å². The number of likely N-dealkylation sites (tertiary alicyclic amines) is 1. The lowest BCUT2D eigenvalue weighted by atomic mass is 9.54. The van der Waals surface area contributed by atoms with Crippen molar-refractivity contribution in [3.05, 3.63) is 12.8 Å². The predicted octanol–water partition coefficient (Wildman–Crippen LogP) is 3.91. The van der Waals surface area contributed by atoms with Gasteiger partial charge in [-0.2, -0.15) is 0 Å². The summed E-state index contributed by atoms with van der Waals surface area (Å²) in [5, 5.41) is 0. The van der Waals surface area contributed by atoms with Gasteiger partial charge in [-0.25, -0.2) is 0 Å². The quantitative estimate of drug-likeness (QED) is 0.677. The van der Waals surface area contributed by atoms with E-state index in [2.05, 4.69) is 24.6 Å². The van der Waals surface area contributed by atoms with E-state index in [1.54, 1.807) is 6.42 Å². The van der Waals surface area contributed by atoms with Crippen LogP contribution < -0.4 is 0 Å². The molecule has 6 atom stereocenters. The van der Waals surface area contributed by atoms with Crippen LogP contribution in [-0.4, -0.2) is 18.0 Å². The summed E-state index contributed by atoms with van der Waals surface area (Å²) in [5.74, 6) is 5.16. The van der Waals surface area contributed by atoms with Gasteiger partial charge < -0.3 is 4.90 Å². The van der Waals surface area contributed by atoms with E-state index >= 15 is 0 Å². The van der Waals surface area contributed by atoms with E-state index in [1.165, 1.54) is 45.2 Å². The van der Waals surface area contributed by atoms with E-state index in [9.17, 15) is 0 Å². The number of hydrogen-bond acceptors (Lipinski definition) is 1. The van der Waals surface area contributed by atoms with Crippen LogP contribution in [0.1, 0.15) is 45.4 Å². The first-order chi connectivity index (χ1) is 8.76. The van der Waals surface area contributed by atoms with Crippen molar-refractivity contribution in [2.24, 2.45) is 35.0 Å². The maximum atomic E-state index is 4.04. The summed E-state index contributed by atoms with van der Waals surface area (Å²) in [7, 11) is 0. The van der Waals surface area contributed by atoms with Gasteiger partial charge in [0.15, 0.2) is 0 Å². The lowest BCUT2D eigenvalue weighted by molar-refractivity contribution is -0.0173.